The fourth-order valence-electron chi connectivity index (χ4n) is 2.68. The molecule has 0 saturated carbocycles. The van der Waals surface area contributed by atoms with Crippen LogP contribution in [0.15, 0.2) is 54.7 Å². The zero-order valence-corrected chi connectivity index (χ0v) is 12.8. The van der Waals surface area contributed by atoms with Crippen LogP contribution in [0.1, 0.15) is 28.4 Å². The van der Waals surface area contributed by atoms with Crippen molar-refractivity contribution in [3.63, 3.8) is 0 Å². The maximum atomic E-state index is 12.7. The van der Waals surface area contributed by atoms with E-state index in [2.05, 4.69) is 17.2 Å². The van der Waals surface area contributed by atoms with E-state index in [1.54, 1.807) is 12.3 Å². The highest BCUT2D eigenvalue weighted by atomic mass is 16.1. The molecule has 3 nitrogen and oxygen atoms in total. The molecule has 0 saturated heterocycles. The minimum atomic E-state index is -0.0948. The van der Waals surface area contributed by atoms with Gasteiger partial charge in [-0.3, -0.25) is 9.78 Å². The van der Waals surface area contributed by atoms with Crippen molar-refractivity contribution in [1.29, 1.82) is 0 Å². The number of anilines is 1. The third-order valence-electron chi connectivity index (χ3n) is 3.87. The van der Waals surface area contributed by atoms with Crippen LogP contribution in [0.4, 0.5) is 5.69 Å². The molecule has 22 heavy (non-hydrogen) atoms. The molecule has 110 valence electrons. The van der Waals surface area contributed by atoms with Gasteiger partial charge in [0.1, 0.15) is 0 Å². The molecule has 0 bridgehead atoms. The predicted molar refractivity (Wildman–Crippen MR) is 90.3 cm³/mol. The molecule has 0 unspecified atom stereocenters. The summed E-state index contributed by atoms with van der Waals surface area (Å²) in [5.74, 6) is -0.0948. The Bertz CT molecular complexity index is 834. The summed E-state index contributed by atoms with van der Waals surface area (Å²) in [6.45, 7) is 4.10. The highest BCUT2D eigenvalue weighted by Gasteiger charge is 2.13. The molecule has 0 atom stereocenters. The van der Waals surface area contributed by atoms with Gasteiger partial charge in [-0.05, 0) is 36.6 Å². The van der Waals surface area contributed by atoms with Gasteiger partial charge in [0.25, 0.3) is 5.91 Å². The molecule has 0 aliphatic rings. The molecule has 3 rings (SSSR count). The van der Waals surface area contributed by atoms with Crippen molar-refractivity contribution in [2.45, 2.75) is 20.3 Å². The summed E-state index contributed by atoms with van der Waals surface area (Å²) < 4.78 is 0. The number of pyridine rings is 1. The smallest absolute Gasteiger partial charge is 0.256 e. The van der Waals surface area contributed by atoms with Gasteiger partial charge in [0.05, 0.1) is 11.1 Å². The van der Waals surface area contributed by atoms with Gasteiger partial charge >= 0.3 is 0 Å². The number of aryl methyl sites for hydroxylation is 2. The van der Waals surface area contributed by atoms with E-state index in [-0.39, 0.29) is 5.91 Å². The van der Waals surface area contributed by atoms with Crippen LogP contribution in [-0.2, 0) is 6.42 Å². The Labute approximate surface area is 130 Å². The van der Waals surface area contributed by atoms with Gasteiger partial charge in [-0.15, -0.1) is 0 Å². The molecule has 0 radical (unpaired) electrons. The molecule has 0 spiro atoms. The van der Waals surface area contributed by atoms with Crippen molar-refractivity contribution >= 4 is 22.5 Å². The Hall–Kier alpha value is -2.68. The van der Waals surface area contributed by atoms with Crippen LogP contribution in [0.3, 0.4) is 0 Å². The van der Waals surface area contributed by atoms with Crippen LogP contribution in [0.25, 0.3) is 10.9 Å². The molecule has 3 heteroatoms. The molecule has 0 fully saturated rings. The van der Waals surface area contributed by atoms with Gasteiger partial charge in [0.15, 0.2) is 0 Å². The molecular weight excluding hydrogens is 272 g/mol. The van der Waals surface area contributed by atoms with E-state index in [9.17, 15) is 4.79 Å². The second kappa shape index (κ2) is 5.98. The summed E-state index contributed by atoms with van der Waals surface area (Å²) in [4.78, 5) is 17.0. The maximum Gasteiger partial charge on any atom is 0.256 e. The number of benzene rings is 2. The van der Waals surface area contributed by atoms with Crippen molar-refractivity contribution in [3.05, 3.63) is 71.4 Å². The Morgan fingerprint density at radius 3 is 2.73 bits per heavy atom. The third kappa shape index (κ3) is 2.58. The molecule has 1 aromatic heterocycles. The summed E-state index contributed by atoms with van der Waals surface area (Å²) in [5, 5.41) is 3.94. The van der Waals surface area contributed by atoms with E-state index >= 15 is 0 Å². The molecule has 1 amide bonds. The Morgan fingerprint density at radius 1 is 1.09 bits per heavy atom. The third-order valence-corrected chi connectivity index (χ3v) is 3.87. The fourth-order valence-corrected chi connectivity index (χ4v) is 2.68. The second-order valence-corrected chi connectivity index (χ2v) is 5.29. The number of para-hydroxylation sites is 2. The Kier molecular flexibility index (Phi) is 3.88. The van der Waals surface area contributed by atoms with Gasteiger partial charge in [0, 0.05) is 17.3 Å². The number of nitrogens with one attached hydrogen (secondary N) is 1. The second-order valence-electron chi connectivity index (χ2n) is 5.29. The number of fused-ring (bicyclic) bond motifs is 1. The summed E-state index contributed by atoms with van der Waals surface area (Å²) in [5.41, 5.74) is 4.61. The minimum Gasteiger partial charge on any atom is -0.321 e. The number of carbonyl (C=O) groups excluding carboxylic acids is 1. The molecule has 1 N–H and O–H groups in total. The van der Waals surface area contributed by atoms with Crippen molar-refractivity contribution in [3.8, 4) is 0 Å². The topological polar surface area (TPSA) is 42.0 Å². The maximum absolute atomic E-state index is 12.7. The zero-order valence-electron chi connectivity index (χ0n) is 12.8. The number of carbonyl (C=O) groups is 1. The first-order valence-electron chi connectivity index (χ1n) is 7.44. The number of hydrogen-bond acceptors (Lipinski definition) is 2. The van der Waals surface area contributed by atoms with E-state index in [1.165, 1.54) is 0 Å². The number of rotatable bonds is 3. The highest BCUT2D eigenvalue weighted by Crippen LogP contribution is 2.23. The highest BCUT2D eigenvalue weighted by molar-refractivity contribution is 6.12. The molecule has 0 aliphatic heterocycles. The van der Waals surface area contributed by atoms with Crippen LogP contribution < -0.4 is 5.32 Å². The van der Waals surface area contributed by atoms with Crippen LogP contribution in [0, 0.1) is 6.92 Å². The number of nitrogens with zero attached hydrogens (tertiary/aromatic N) is 1. The average molecular weight is 290 g/mol. The lowest BCUT2D eigenvalue weighted by molar-refractivity contribution is 0.102. The largest absolute Gasteiger partial charge is 0.321 e. The first-order chi connectivity index (χ1) is 10.7. The molecule has 3 aromatic rings. The van der Waals surface area contributed by atoms with Crippen LogP contribution >= 0.6 is 0 Å². The lowest BCUT2D eigenvalue weighted by atomic mass is 10.0. The molecule has 1 heterocycles. The van der Waals surface area contributed by atoms with Gasteiger partial charge in [-0.25, -0.2) is 0 Å². The van der Waals surface area contributed by atoms with Crippen molar-refractivity contribution in [1.82, 2.24) is 4.98 Å². The molecule has 2 aromatic carbocycles. The Balaban J connectivity index is 2.01. The van der Waals surface area contributed by atoms with Crippen LogP contribution in [0.5, 0.6) is 0 Å². The summed E-state index contributed by atoms with van der Waals surface area (Å²) in [6, 6.07) is 15.5. The summed E-state index contributed by atoms with van der Waals surface area (Å²) >= 11 is 0. The quantitative estimate of drug-likeness (QED) is 0.778. The van der Waals surface area contributed by atoms with Gasteiger partial charge in [0.2, 0.25) is 0 Å². The molecular formula is C19H18N2O. The normalized spacial score (nSPS) is 10.6. The van der Waals surface area contributed by atoms with Gasteiger partial charge < -0.3 is 5.32 Å². The van der Waals surface area contributed by atoms with Crippen molar-refractivity contribution in [2.24, 2.45) is 0 Å². The lowest BCUT2D eigenvalue weighted by Crippen LogP contribution is -2.15. The first-order valence-corrected chi connectivity index (χ1v) is 7.44. The predicted octanol–water partition coefficient (Wildman–Crippen LogP) is 4.36. The zero-order chi connectivity index (χ0) is 15.5. The summed E-state index contributed by atoms with van der Waals surface area (Å²) in [6.07, 6.45) is 2.56. The van der Waals surface area contributed by atoms with E-state index < -0.39 is 0 Å². The molecule has 0 aliphatic carbocycles. The van der Waals surface area contributed by atoms with E-state index in [4.69, 9.17) is 0 Å². The van der Waals surface area contributed by atoms with Gasteiger partial charge in [-0.1, -0.05) is 43.3 Å². The SMILES string of the molecule is CCc1cccc(C)c1NC(=O)c1ccnc2ccccc12. The Morgan fingerprint density at radius 2 is 1.91 bits per heavy atom. The van der Waals surface area contributed by atoms with Crippen LogP contribution in [0.2, 0.25) is 0 Å². The first kappa shape index (κ1) is 14.3. The van der Waals surface area contributed by atoms with Crippen molar-refractivity contribution < 1.29 is 4.79 Å². The minimum absolute atomic E-state index is 0.0948. The number of hydrogen-bond donors (Lipinski definition) is 1. The van der Waals surface area contributed by atoms with E-state index in [1.807, 2.05) is 49.4 Å². The standard InChI is InChI=1S/C19H18N2O/c1-3-14-8-6-7-13(2)18(14)21-19(22)16-11-12-20-17-10-5-4-9-15(16)17/h4-12H,3H2,1-2H3,(H,21,22). The van der Waals surface area contributed by atoms with E-state index in [0.717, 1.165) is 34.1 Å². The van der Waals surface area contributed by atoms with E-state index in [0.29, 0.717) is 5.56 Å². The lowest BCUT2D eigenvalue weighted by Gasteiger charge is -2.13. The number of amides is 1. The fraction of sp³-hybridized carbons (Fsp3) is 0.158. The number of aromatic nitrogens is 1. The van der Waals surface area contributed by atoms with Gasteiger partial charge in [-0.2, -0.15) is 0 Å². The summed E-state index contributed by atoms with van der Waals surface area (Å²) in [7, 11) is 0. The monoisotopic (exact) mass is 290 g/mol. The van der Waals surface area contributed by atoms with Crippen LogP contribution in [-0.4, -0.2) is 10.9 Å². The average Bonchev–Trinajstić information content (AvgIpc) is 2.56. The van der Waals surface area contributed by atoms with Crippen molar-refractivity contribution in [2.75, 3.05) is 5.32 Å².